The number of ketones is 2. The molecule has 4 aliphatic heterocycles. The molecule has 42 heavy (non-hydrogen) atoms. The predicted molar refractivity (Wildman–Crippen MR) is 144 cm³/mol. The number of benzene rings is 2. The Morgan fingerprint density at radius 2 is 1.31 bits per heavy atom. The van der Waals surface area contributed by atoms with E-state index in [2.05, 4.69) is 0 Å². The molecule has 0 N–H and O–H groups in total. The van der Waals surface area contributed by atoms with Crippen molar-refractivity contribution in [2.75, 3.05) is 0 Å². The molecule has 2 aromatic rings. The molecule has 0 aromatic heterocycles. The number of carbonyl (C=O) groups excluding carboxylic acids is 4. The maximum atomic E-state index is 14.8. The van der Waals surface area contributed by atoms with Gasteiger partial charge in [-0.15, -0.1) is 0 Å². The van der Waals surface area contributed by atoms with Crippen LogP contribution in [0.3, 0.4) is 0 Å². The Hall–Kier alpha value is -4.20. The third-order valence-electron chi connectivity index (χ3n) is 10.8. The van der Waals surface area contributed by atoms with Crippen molar-refractivity contribution in [2.24, 2.45) is 35.0 Å². The molecule has 4 heterocycles. The number of esters is 2. The van der Waals surface area contributed by atoms with Gasteiger partial charge < -0.3 is 18.9 Å². The van der Waals surface area contributed by atoms with Crippen LogP contribution in [0, 0.1) is 35.0 Å². The quantitative estimate of drug-likeness (QED) is 0.497. The summed E-state index contributed by atoms with van der Waals surface area (Å²) in [6.45, 7) is 0. The second-order valence-electron chi connectivity index (χ2n) is 12.6. The molecule has 8 nitrogen and oxygen atoms in total. The van der Waals surface area contributed by atoms with E-state index in [0.717, 1.165) is 11.1 Å². The molecule has 0 amide bonds. The minimum Gasteiger partial charge on any atom is -0.489 e. The monoisotopic (exact) mass is 564 g/mol. The summed E-state index contributed by atoms with van der Waals surface area (Å²) in [6, 6.07) is 19.3. The molecule has 2 bridgehead atoms. The fourth-order valence-corrected chi connectivity index (χ4v) is 9.35. The van der Waals surface area contributed by atoms with Crippen LogP contribution in [-0.2, 0) is 38.1 Å². The molecular weight excluding hydrogens is 536 g/mol. The summed E-state index contributed by atoms with van der Waals surface area (Å²) < 4.78 is 25.4. The van der Waals surface area contributed by atoms with Crippen molar-refractivity contribution >= 4 is 23.5 Å². The lowest BCUT2D eigenvalue weighted by molar-refractivity contribution is -0.198. The summed E-state index contributed by atoms with van der Waals surface area (Å²) in [6.07, 6.45) is 0.251. The van der Waals surface area contributed by atoms with Crippen LogP contribution < -0.4 is 0 Å². The lowest BCUT2D eigenvalue weighted by atomic mass is 9.41. The van der Waals surface area contributed by atoms with Gasteiger partial charge in [0.05, 0.1) is 19.3 Å². The molecule has 1 saturated carbocycles. The van der Waals surface area contributed by atoms with Gasteiger partial charge in [-0.2, -0.15) is 0 Å². The van der Waals surface area contributed by atoms with Crippen molar-refractivity contribution < 1.29 is 38.1 Å². The van der Waals surface area contributed by atoms with E-state index in [9.17, 15) is 19.2 Å². The second-order valence-corrected chi connectivity index (χ2v) is 12.6. The van der Waals surface area contributed by atoms with Crippen LogP contribution in [0.25, 0.3) is 0 Å². The van der Waals surface area contributed by atoms with Gasteiger partial charge in [-0.1, -0.05) is 60.7 Å². The zero-order valence-corrected chi connectivity index (χ0v) is 22.6. The Labute approximate surface area is 241 Å². The Kier molecular flexibility index (Phi) is 4.90. The first-order valence-corrected chi connectivity index (χ1v) is 14.8. The first-order valence-electron chi connectivity index (χ1n) is 14.8. The normalized spacial score (nSPS) is 40.9. The van der Waals surface area contributed by atoms with Crippen LogP contribution in [0.2, 0.25) is 0 Å². The largest absolute Gasteiger partial charge is 0.489 e. The zero-order valence-electron chi connectivity index (χ0n) is 22.6. The molecule has 212 valence electrons. The third kappa shape index (κ3) is 3.02. The van der Waals surface area contributed by atoms with Crippen LogP contribution in [0.5, 0.6) is 0 Å². The van der Waals surface area contributed by atoms with Gasteiger partial charge in [0.15, 0.2) is 11.6 Å². The highest BCUT2D eigenvalue weighted by atomic mass is 16.6. The molecule has 0 radical (unpaired) electrons. The number of Topliss-reactive ketones (excluding diaryl/α,β-unsaturated/α-hetero) is 2. The molecule has 2 unspecified atom stereocenters. The molecule has 4 aliphatic carbocycles. The molecule has 2 aromatic carbocycles. The topological polar surface area (TPSA) is 105 Å². The van der Waals surface area contributed by atoms with E-state index in [1.54, 1.807) is 0 Å². The summed E-state index contributed by atoms with van der Waals surface area (Å²) in [4.78, 5) is 54.4. The minimum absolute atomic E-state index is 0.0530. The average Bonchev–Trinajstić information content (AvgIpc) is 3.60. The van der Waals surface area contributed by atoms with Gasteiger partial charge in [-0.25, -0.2) is 0 Å². The van der Waals surface area contributed by atoms with Crippen LogP contribution in [-0.4, -0.2) is 35.7 Å². The van der Waals surface area contributed by atoms with Gasteiger partial charge in [0.2, 0.25) is 0 Å². The number of ether oxygens (including phenoxy) is 4. The lowest BCUT2D eigenvalue weighted by Gasteiger charge is -2.63. The highest BCUT2D eigenvalue weighted by Gasteiger charge is 2.77. The van der Waals surface area contributed by atoms with Gasteiger partial charge in [-0.05, 0) is 17.2 Å². The number of carbonyl (C=O) groups is 4. The van der Waals surface area contributed by atoms with Gasteiger partial charge in [0.1, 0.15) is 41.3 Å². The first-order chi connectivity index (χ1) is 20.4. The number of rotatable bonds is 2. The van der Waals surface area contributed by atoms with Crippen molar-refractivity contribution in [2.45, 2.75) is 50.1 Å². The first kappa shape index (κ1) is 24.4. The molecule has 8 heteroatoms. The van der Waals surface area contributed by atoms with Crippen molar-refractivity contribution in [3.05, 3.63) is 95.0 Å². The van der Waals surface area contributed by atoms with Gasteiger partial charge in [0, 0.05) is 41.6 Å². The van der Waals surface area contributed by atoms with Crippen LogP contribution in [0.15, 0.2) is 83.8 Å². The van der Waals surface area contributed by atoms with Crippen LogP contribution >= 0.6 is 0 Å². The standard InChI is InChI=1S/C34H28O8/c35-21-14-22(16-7-3-1-4-8-16)40-33-28(21)19-12-26(37)42-32(19)29-18-11-25-34(30(29)33,20-13-27(38)41-31(18)20)24(36)15-23(39-25)17-9-5-2-6-10-17/h1-11,18-20,22-23,29-32H,12-15H2/t18?,19-,20+,22+,23-,29-,30+,31+,32-,34?/m1/s1. The molecular formula is C34H28O8. The summed E-state index contributed by atoms with van der Waals surface area (Å²) >= 11 is 0. The van der Waals surface area contributed by atoms with E-state index in [1.807, 2.05) is 66.7 Å². The summed E-state index contributed by atoms with van der Waals surface area (Å²) in [5, 5.41) is 0. The van der Waals surface area contributed by atoms with Gasteiger partial charge in [-0.3, -0.25) is 19.2 Å². The summed E-state index contributed by atoms with van der Waals surface area (Å²) in [7, 11) is 0. The molecule has 4 fully saturated rings. The van der Waals surface area contributed by atoms with Crippen LogP contribution in [0.4, 0.5) is 0 Å². The van der Waals surface area contributed by atoms with E-state index in [0.29, 0.717) is 17.1 Å². The lowest BCUT2D eigenvalue weighted by Crippen LogP contribution is -2.68. The van der Waals surface area contributed by atoms with E-state index in [-0.39, 0.29) is 61.0 Å². The molecule has 1 spiro atoms. The number of allylic oxidation sites excluding steroid dienone is 2. The highest BCUT2D eigenvalue weighted by molar-refractivity contribution is 6.00. The van der Waals surface area contributed by atoms with Gasteiger partial charge in [0.25, 0.3) is 0 Å². The fraction of sp³-hybridized carbons (Fsp3) is 0.412. The average molecular weight is 565 g/mol. The smallest absolute Gasteiger partial charge is 0.306 e. The Bertz CT molecular complexity index is 1630. The van der Waals surface area contributed by atoms with Crippen molar-refractivity contribution in [1.82, 2.24) is 0 Å². The number of hydrogen-bond acceptors (Lipinski definition) is 8. The van der Waals surface area contributed by atoms with Crippen molar-refractivity contribution in [1.29, 1.82) is 0 Å². The number of hydrogen-bond donors (Lipinski definition) is 0. The number of fused-ring (bicyclic) bond motifs is 2. The Balaban J connectivity index is 1.25. The third-order valence-corrected chi connectivity index (χ3v) is 10.8. The van der Waals surface area contributed by atoms with E-state index >= 15 is 0 Å². The van der Waals surface area contributed by atoms with E-state index in [4.69, 9.17) is 18.9 Å². The Morgan fingerprint density at radius 1 is 0.667 bits per heavy atom. The minimum atomic E-state index is -1.26. The van der Waals surface area contributed by atoms with Crippen molar-refractivity contribution in [3.63, 3.8) is 0 Å². The molecule has 3 saturated heterocycles. The molecule has 8 aliphatic rings. The maximum absolute atomic E-state index is 14.8. The summed E-state index contributed by atoms with van der Waals surface area (Å²) in [5.41, 5.74) is 0.981. The predicted octanol–water partition coefficient (Wildman–Crippen LogP) is 4.33. The highest BCUT2D eigenvalue weighted by Crippen LogP contribution is 2.71. The molecule has 10 rings (SSSR count). The van der Waals surface area contributed by atoms with E-state index in [1.165, 1.54) is 0 Å². The zero-order chi connectivity index (χ0) is 28.3. The SMILES string of the molecule is O=C1C[C@@H]2C3=C(O[C@H](c4ccccc4)CC3=O)[C@@H]3[C@@H](C4C=C5O[C@@H](c6ccccc6)CC(=O)C53[C@H]3CC(=O)O[C@@H]43)[C@@H]2O1. The fourth-order valence-electron chi connectivity index (χ4n) is 9.35. The van der Waals surface area contributed by atoms with Gasteiger partial charge >= 0.3 is 11.9 Å². The van der Waals surface area contributed by atoms with Crippen molar-refractivity contribution in [3.8, 4) is 0 Å². The van der Waals surface area contributed by atoms with E-state index < -0.39 is 47.6 Å². The van der Waals surface area contributed by atoms with Crippen LogP contribution in [0.1, 0.15) is 49.0 Å². The summed E-state index contributed by atoms with van der Waals surface area (Å²) in [5.74, 6) is -2.11. The Morgan fingerprint density at radius 3 is 2.02 bits per heavy atom. The molecule has 10 atom stereocenters. The maximum Gasteiger partial charge on any atom is 0.306 e. The second kappa shape index (κ2) is 8.43.